The van der Waals surface area contributed by atoms with E-state index in [0.29, 0.717) is 23.5 Å². The molecule has 0 bridgehead atoms. The van der Waals surface area contributed by atoms with Gasteiger partial charge in [0, 0.05) is 23.8 Å². The van der Waals surface area contributed by atoms with Gasteiger partial charge in [-0.05, 0) is 49.1 Å². The first-order valence-electron chi connectivity index (χ1n) is 8.53. The van der Waals surface area contributed by atoms with E-state index < -0.39 is 0 Å². The number of benzene rings is 1. The molecule has 2 aliphatic carbocycles. The zero-order valence-electron chi connectivity index (χ0n) is 13.4. The topological polar surface area (TPSA) is 35.5 Å². The highest BCUT2D eigenvalue weighted by molar-refractivity contribution is 5.87. The molecule has 3 heteroatoms. The zero-order valence-corrected chi connectivity index (χ0v) is 13.4. The predicted molar refractivity (Wildman–Crippen MR) is 84.4 cm³/mol. The maximum Gasteiger partial charge on any atom is 0.139 e. The van der Waals surface area contributed by atoms with E-state index in [-0.39, 0.29) is 5.41 Å². The molecule has 3 nitrogen and oxygen atoms in total. The second-order valence-electron chi connectivity index (χ2n) is 7.10. The van der Waals surface area contributed by atoms with E-state index >= 15 is 0 Å². The van der Waals surface area contributed by atoms with Gasteiger partial charge in [-0.25, -0.2) is 0 Å². The number of fused-ring (bicyclic) bond motifs is 5. The van der Waals surface area contributed by atoms with Gasteiger partial charge in [-0.3, -0.25) is 4.79 Å². The second kappa shape index (κ2) is 5.00. The Balaban J connectivity index is 1.70. The average Bonchev–Trinajstić information content (AvgIpc) is 2.91. The number of carbonyl (C=O) groups excluding carboxylic acids is 1. The fraction of sp³-hybridized carbons (Fsp3) is 0.632. The van der Waals surface area contributed by atoms with Gasteiger partial charge in [0.25, 0.3) is 0 Å². The van der Waals surface area contributed by atoms with Crippen molar-refractivity contribution in [1.82, 2.24) is 0 Å². The SMILES string of the molecule is CC[C@]12CC[C@@H]3c4ccc(OC)cc4OC[C@@H]3[C@@H]1CCC2=O. The van der Waals surface area contributed by atoms with Crippen molar-refractivity contribution >= 4 is 5.78 Å². The van der Waals surface area contributed by atoms with E-state index in [2.05, 4.69) is 13.0 Å². The summed E-state index contributed by atoms with van der Waals surface area (Å²) in [5.41, 5.74) is 1.27. The van der Waals surface area contributed by atoms with Crippen molar-refractivity contribution in [3.05, 3.63) is 23.8 Å². The van der Waals surface area contributed by atoms with Crippen LogP contribution in [0.5, 0.6) is 11.5 Å². The molecule has 1 heterocycles. The Morgan fingerprint density at radius 2 is 2.23 bits per heavy atom. The molecule has 1 aliphatic heterocycles. The van der Waals surface area contributed by atoms with E-state index in [1.54, 1.807) is 7.11 Å². The van der Waals surface area contributed by atoms with Gasteiger partial charge < -0.3 is 9.47 Å². The minimum Gasteiger partial charge on any atom is -0.497 e. The van der Waals surface area contributed by atoms with Crippen LogP contribution in [0.1, 0.15) is 50.5 Å². The fourth-order valence-electron chi connectivity index (χ4n) is 5.39. The standard InChI is InChI=1S/C19H24O3/c1-3-19-9-8-13-14-5-4-12(21-2)10-17(14)22-11-15(13)16(19)6-7-18(19)20/h4-5,10,13,15-16H,3,6-9,11H2,1-2H3/t13-,15+,16+,19+/m1/s1. The van der Waals surface area contributed by atoms with Crippen molar-refractivity contribution in [2.45, 2.75) is 44.9 Å². The molecule has 118 valence electrons. The second-order valence-corrected chi connectivity index (χ2v) is 7.10. The van der Waals surface area contributed by atoms with Crippen LogP contribution in [0.2, 0.25) is 0 Å². The van der Waals surface area contributed by atoms with E-state index in [4.69, 9.17) is 9.47 Å². The predicted octanol–water partition coefficient (Wildman–Crippen LogP) is 3.96. The zero-order chi connectivity index (χ0) is 15.3. The summed E-state index contributed by atoms with van der Waals surface area (Å²) in [5, 5.41) is 0. The molecular weight excluding hydrogens is 276 g/mol. The highest BCUT2D eigenvalue weighted by Gasteiger charge is 2.56. The van der Waals surface area contributed by atoms with Gasteiger partial charge in [-0.15, -0.1) is 0 Å². The third kappa shape index (κ3) is 1.77. The van der Waals surface area contributed by atoms with Crippen molar-refractivity contribution < 1.29 is 14.3 Å². The van der Waals surface area contributed by atoms with Crippen molar-refractivity contribution in [3.63, 3.8) is 0 Å². The Bertz CT molecular complexity index is 609. The summed E-state index contributed by atoms with van der Waals surface area (Å²) in [6.45, 7) is 2.95. The summed E-state index contributed by atoms with van der Waals surface area (Å²) in [7, 11) is 1.69. The fourth-order valence-corrected chi connectivity index (χ4v) is 5.39. The van der Waals surface area contributed by atoms with E-state index in [9.17, 15) is 4.79 Å². The molecule has 2 saturated carbocycles. The maximum atomic E-state index is 12.5. The number of ether oxygens (including phenoxy) is 2. The molecule has 0 spiro atoms. The number of methoxy groups -OCH3 is 1. The molecule has 4 atom stereocenters. The number of hydrogen-bond donors (Lipinski definition) is 0. The molecule has 2 fully saturated rings. The number of ketones is 1. The summed E-state index contributed by atoms with van der Waals surface area (Å²) in [5.74, 6) is 3.91. The molecule has 1 aromatic carbocycles. The highest BCUT2D eigenvalue weighted by Crippen LogP contribution is 2.60. The Hall–Kier alpha value is -1.51. The molecule has 0 saturated heterocycles. The lowest BCUT2D eigenvalue weighted by molar-refractivity contribution is -0.131. The largest absolute Gasteiger partial charge is 0.497 e. The van der Waals surface area contributed by atoms with Crippen molar-refractivity contribution in [2.24, 2.45) is 17.3 Å². The monoisotopic (exact) mass is 300 g/mol. The van der Waals surface area contributed by atoms with Gasteiger partial charge in [-0.2, -0.15) is 0 Å². The van der Waals surface area contributed by atoms with Crippen LogP contribution in [-0.4, -0.2) is 19.5 Å². The lowest BCUT2D eigenvalue weighted by Crippen LogP contribution is -2.46. The van der Waals surface area contributed by atoms with Crippen LogP contribution in [0.3, 0.4) is 0 Å². The first-order valence-corrected chi connectivity index (χ1v) is 8.53. The molecule has 22 heavy (non-hydrogen) atoms. The third-order valence-corrected chi connectivity index (χ3v) is 6.56. The Morgan fingerprint density at radius 1 is 1.36 bits per heavy atom. The molecule has 3 aliphatic rings. The molecule has 4 rings (SSSR count). The van der Waals surface area contributed by atoms with Crippen LogP contribution < -0.4 is 9.47 Å². The van der Waals surface area contributed by atoms with E-state index in [0.717, 1.165) is 50.2 Å². The van der Waals surface area contributed by atoms with E-state index in [1.807, 2.05) is 12.1 Å². The molecular formula is C19H24O3. The summed E-state index contributed by atoms with van der Waals surface area (Å²) < 4.78 is 11.4. The highest BCUT2D eigenvalue weighted by atomic mass is 16.5. The molecule has 1 aromatic rings. The van der Waals surface area contributed by atoms with Crippen LogP contribution in [0.15, 0.2) is 18.2 Å². The first-order chi connectivity index (χ1) is 10.7. The smallest absolute Gasteiger partial charge is 0.139 e. The van der Waals surface area contributed by atoms with Gasteiger partial charge in [0.2, 0.25) is 0 Å². The third-order valence-electron chi connectivity index (χ3n) is 6.56. The van der Waals surface area contributed by atoms with Crippen LogP contribution in [0.4, 0.5) is 0 Å². The Kier molecular flexibility index (Phi) is 3.21. The van der Waals surface area contributed by atoms with Crippen LogP contribution in [0, 0.1) is 17.3 Å². The number of Topliss-reactive ketones (excluding diaryl/α,β-unsaturated/α-hetero) is 1. The van der Waals surface area contributed by atoms with Gasteiger partial charge in [0.1, 0.15) is 17.3 Å². The summed E-state index contributed by atoms with van der Waals surface area (Å²) >= 11 is 0. The van der Waals surface area contributed by atoms with Gasteiger partial charge in [0.15, 0.2) is 0 Å². The minimum atomic E-state index is -0.0471. The van der Waals surface area contributed by atoms with Gasteiger partial charge in [0.05, 0.1) is 13.7 Å². The average molecular weight is 300 g/mol. The molecule has 0 aromatic heterocycles. The summed E-state index contributed by atoms with van der Waals surface area (Å²) in [6, 6.07) is 6.21. The first kappa shape index (κ1) is 14.1. The number of rotatable bonds is 2. The van der Waals surface area contributed by atoms with Crippen molar-refractivity contribution in [3.8, 4) is 11.5 Å². The molecule has 0 N–H and O–H groups in total. The lowest BCUT2D eigenvalue weighted by Gasteiger charge is -2.49. The lowest BCUT2D eigenvalue weighted by atomic mass is 9.57. The summed E-state index contributed by atoms with van der Waals surface area (Å²) in [6.07, 6.45) is 5.00. The van der Waals surface area contributed by atoms with Crippen LogP contribution in [0.25, 0.3) is 0 Å². The normalized spacial score (nSPS) is 36.1. The van der Waals surface area contributed by atoms with E-state index in [1.165, 1.54) is 5.56 Å². The van der Waals surface area contributed by atoms with Crippen LogP contribution in [-0.2, 0) is 4.79 Å². The van der Waals surface area contributed by atoms with Crippen molar-refractivity contribution in [2.75, 3.05) is 13.7 Å². The molecule has 0 radical (unpaired) electrons. The quantitative estimate of drug-likeness (QED) is 0.829. The van der Waals surface area contributed by atoms with Gasteiger partial charge in [-0.1, -0.05) is 13.0 Å². The number of carbonyl (C=O) groups is 1. The Morgan fingerprint density at radius 3 is 3.00 bits per heavy atom. The molecule has 0 unspecified atom stereocenters. The van der Waals surface area contributed by atoms with Gasteiger partial charge >= 0.3 is 0 Å². The Labute approximate surface area is 132 Å². The van der Waals surface area contributed by atoms with Crippen LogP contribution >= 0.6 is 0 Å². The summed E-state index contributed by atoms with van der Waals surface area (Å²) in [4.78, 5) is 12.5. The molecule has 0 amide bonds. The minimum absolute atomic E-state index is 0.0471. The van der Waals surface area contributed by atoms with Crippen molar-refractivity contribution in [1.29, 1.82) is 0 Å². The number of hydrogen-bond acceptors (Lipinski definition) is 3. The maximum absolute atomic E-state index is 12.5.